The Kier molecular flexibility index (Phi) is 23.2. The first-order valence-electron chi connectivity index (χ1n) is 17.6. The number of urea groups is 1. The number of nitrogens with one attached hydrogen (secondary N) is 4. The van der Waals surface area contributed by atoms with Gasteiger partial charge in [0, 0.05) is 6.54 Å². The molecule has 7 N–H and O–H groups in total. The van der Waals surface area contributed by atoms with E-state index < -0.39 is 85.0 Å². The van der Waals surface area contributed by atoms with Gasteiger partial charge in [0.25, 0.3) is 0 Å². The number of ether oxygens (including phenoxy) is 5. The molecule has 290 valence electrons. The molecule has 0 saturated carbocycles. The van der Waals surface area contributed by atoms with Crippen LogP contribution in [0.25, 0.3) is 0 Å². The summed E-state index contributed by atoms with van der Waals surface area (Å²) >= 11 is 0. The van der Waals surface area contributed by atoms with Crippen molar-refractivity contribution in [3.8, 4) is 0 Å². The van der Waals surface area contributed by atoms with E-state index in [1.54, 1.807) is 0 Å². The molecular weight excluding hydrogens is 660 g/mol. The highest BCUT2D eigenvalue weighted by atomic mass is 16.7. The van der Waals surface area contributed by atoms with Crippen molar-refractivity contribution >= 4 is 29.8 Å². The summed E-state index contributed by atoms with van der Waals surface area (Å²) in [6.45, 7) is 5.74. The molecule has 0 bridgehead atoms. The Morgan fingerprint density at radius 2 is 1.26 bits per heavy atom. The van der Waals surface area contributed by atoms with Crippen molar-refractivity contribution < 1.29 is 63.0 Å². The van der Waals surface area contributed by atoms with E-state index in [0.29, 0.717) is 25.7 Å². The van der Waals surface area contributed by atoms with Crippen LogP contribution in [0.15, 0.2) is 0 Å². The van der Waals surface area contributed by atoms with Gasteiger partial charge in [-0.1, -0.05) is 65.2 Å². The number of esters is 2. The van der Waals surface area contributed by atoms with E-state index in [1.165, 1.54) is 21.1 Å². The van der Waals surface area contributed by atoms with Crippen LogP contribution in [-0.2, 0) is 42.9 Å². The molecule has 0 aromatic carbocycles. The molecule has 0 spiro atoms. The zero-order valence-electron chi connectivity index (χ0n) is 30.1. The Labute approximate surface area is 294 Å². The fourth-order valence-corrected chi connectivity index (χ4v) is 5.17. The van der Waals surface area contributed by atoms with Crippen molar-refractivity contribution in [1.29, 1.82) is 0 Å². The van der Waals surface area contributed by atoms with Crippen molar-refractivity contribution in [1.82, 2.24) is 21.3 Å². The van der Waals surface area contributed by atoms with Gasteiger partial charge in [-0.25, -0.2) is 14.4 Å². The van der Waals surface area contributed by atoms with Gasteiger partial charge in [0.05, 0.1) is 46.6 Å². The highest BCUT2D eigenvalue weighted by Crippen LogP contribution is 2.21. The largest absolute Gasteiger partial charge is 0.467 e. The minimum Gasteiger partial charge on any atom is -0.467 e. The van der Waals surface area contributed by atoms with Crippen molar-refractivity contribution in [2.75, 3.05) is 40.6 Å². The van der Waals surface area contributed by atoms with E-state index in [4.69, 9.17) is 23.7 Å². The van der Waals surface area contributed by atoms with E-state index in [2.05, 4.69) is 21.3 Å². The number of aliphatic hydroxyl groups is 3. The predicted octanol–water partition coefficient (Wildman–Crippen LogP) is 0.161. The van der Waals surface area contributed by atoms with Gasteiger partial charge in [0.1, 0.15) is 36.4 Å². The predicted molar refractivity (Wildman–Crippen MR) is 179 cm³/mol. The van der Waals surface area contributed by atoms with E-state index in [-0.39, 0.29) is 26.4 Å². The highest BCUT2D eigenvalue weighted by molar-refractivity contribution is 5.94. The van der Waals surface area contributed by atoms with E-state index in [1.807, 2.05) is 13.8 Å². The molecule has 1 rings (SSSR count). The molecule has 0 aromatic heterocycles. The number of unbranched alkanes of at least 4 members (excludes halogenated alkanes) is 6. The van der Waals surface area contributed by atoms with Crippen LogP contribution in [-0.4, -0.2) is 135 Å². The maximum Gasteiger partial charge on any atom is 0.328 e. The van der Waals surface area contributed by atoms with E-state index in [0.717, 1.165) is 38.5 Å². The standard InChI is InChI=1S/C33H60N4O13/c1-6-8-10-12-14-22(30(43)46-4)35-29(42)24(37-33(45)36-23(31(44)47-5)15-13-11-9-7-2)20-25(38)34-16-17-48-18-19-49-32-28(41)27(40)26(39)21(3)50-32/h21-24,26-28,32,39-41H,6-20H2,1-5H3,(H,34,38)(H,35,42)(H2,36,37,45)/t21-,22-,23-,24-,26-,27+,28+,32+/m0/s1. The van der Waals surface area contributed by atoms with Gasteiger partial charge < -0.3 is 60.3 Å². The SMILES string of the molecule is CCCCCC[C@H](NC(=O)N[C@@H](CC(=O)NCCOCCO[C@@H]1O[C@@H](C)[C@H](O)[C@@H](O)[C@H]1O)C(=O)N[C@@H](CCCCCC)C(=O)OC)C(=O)OC. The van der Waals surface area contributed by atoms with E-state index >= 15 is 0 Å². The van der Waals surface area contributed by atoms with Crippen LogP contribution in [0.4, 0.5) is 4.79 Å². The number of carbonyl (C=O) groups is 5. The summed E-state index contributed by atoms with van der Waals surface area (Å²) in [6.07, 6.45) is 1.01. The highest BCUT2D eigenvalue weighted by Gasteiger charge is 2.42. The molecular formula is C33H60N4O13. The van der Waals surface area contributed by atoms with Crippen LogP contribution in [0.3, 0.4) is 0 Å². The first-order chi connectivity index (χ1) is 23.9. The lowest BCUT2D eigenvalue weighted by molar-refractivity contribution is -0.294. The quantitative estimate of drug-likeness (QED) is 0.0492. The molecule has 0 aliphatic carbocycles. The summed E-state index contributed by atoms with van der Waals surface area (Å²) in [5.41, 5.74) is 0. The number of carbonyl (C=O) groups excluding carboxylic acids is 5. The molecule has 8 atom stereocenters. The van der Waals surface area contributed by atoms with Crippen molar-refractivity contribution in [2.24, 2.45) is 0 Å². The molecule has 0 radical (unpaired) electrons. The lowest BCUT2D eigenvalue weighted by atomic mass is 10.0. The summed E-state index contributed by atoms with van der Waals surface area (Å²) in [6, 6.07) is -4.24. The van der Waals surface area contributed by atoms with Gasteiger partial charge in [-0.2, -0.15) is 0 Å². The third kappa shape index (κ3) is 17.2. The van der Waals surface area contributed by atoms with Crippen LogP contribution in [0, 0.1) is 0 Å². The molecule has 17 heteroatoms. The van der Waals surface area contributed by atoms with Gasteiger partial charge in [-0.15, -0.1) is 0 Å². The average Bonchev–Trinajstić information content (AvgIpc) is 3.10. The van der Waals surface area contributed by atoms with Gasteiger partial charge in [0.15, 0.2) is 6.29 Å². The maximum atomic E-state index is 13.4. The van der Waals surface area contributed by atoms with Crippen molar-refractivity contribution in [3.63, 3.8) is 0 Å². The molecule has 4 amide bonds. The minimum absolute atomic E-state index is 0.0164. The summed E-state index contributed by atoms with van der Waals surface area (Å²) in [5, 5.41) is 39.9. The van der Waals surface area contributed by atoms with Gasteiger partial charge in [-0.3, -0.25) is 9.59 Å². The molecule has 1 fully saturated rings. The maximum absolute atomic E-state index is 13.4. The number of amides is 4. The summed E-state index contributed by atoms with van der Waals surface area (Å²) in [7, 11) is 2.41. The van der Waals surface area contributed by atoms with Crippen LogP contribution in [0.1, 0.15) is 91.4 Å². The third-order valence-electron chi connectivity index (χ3n) is 8.18. The minimum atomic E-state index is -1.44. The Bertz CT molecular complexity index is 1020. The van der Waals surface area contributed by atoms with Crippen LogP contribution in [0.5, 0.6) is 0 Å². The lowest BCUT2D eigenvalue weighted by Gasteiger charge is -2.38. The summed E-state index contributed by atoms with van der Waals surface area (Å²) in [4.78, 5) is 64.0. The molecule has 0 aromatic rings. The van der Waals surface area contributed by atoms with Crippen molar-refractivity contribution in [2.45, 2.75) is 140 Å². The first kappa shape index (κ1) is 44.9. The normalized spacial score (nSPS) is 22.0. The fraction of sp³-hybridized carbons (Fsp3) is 0.848. The Hall–Kier alpha value is -3.09. The number of hydrogen-bond donors (Lipinski definition) is 7. The average molecular weight is 721 g/mol. The first-order valence-corrected chi connectivity index (χ1v) is 17.6. The van der Waals surface area contributed by atoms with E-state index in [9.17, 15) is 39.3 Å². The van der Waals surface area contributed by atoms with Crippen LogP contribution in [0.2, 0.25) is 0 Å². The summed E-state index contributed by atoms with van der Waals surface area (Å²) in [5.74, 6) is -2.69. The second kappa shape index (κ2) is 25.8. The molecule has 0 unspecified atom stereocenters. The summed E-state index contributed by atoms with van der Waals surface area (Å²) < 4.78 is 25.9. The number of methoxy groups -OCH3 is 2. The zero-order chi connectivity index (χ0) is 37.5. The number of aliphatic hydroxyl groups excluding tert-OH is 3. The Balaban J connectivity index is 2.78. The molecule has 50 heavy (non-hydrogen) atoms. The molecule has 1 aliphatic heterocycles. The topological polar surface area (TPSA) is 240 Å². The molecule has 17 nitrogen and oxygen atoms in total. The van der Waals surface area contributed by atoms with Crippen LogP contribution >= 0.6 is 0 Å². The molecule has 1 heterocycles. The fourth-order valence-electron chi connectivity index (χ4n) is 5.17. The molecule has 1 saturated heterocycles. The van der Waals surface area contributed by atoms with Gasteiger partial charge in [-0.05, 0) is 19.8 Å². The monoisotopic (exact) mass is 720 g/mol. The van der Waals surface area contributed by atoms with Crippen LogP contribution < -0.4 is 21.3 Å². The van der Waals surface area contributed by atoms with Crippen molar-refractivity contribution in [3.05, 3.63) is 0 Å². The smallest absolute Gasteiger partial charge is 0.328 e. The molecule has 1 aliphatic rings. The number of rotatable bonds is 25. The Morgan fingerprint density at radius 3 is 1.82 bits per heavy atom. The number of hydrogen-bond acceptors (Lipinski definition) is 13. The second-order valence-electron chi connectivity index (χ2n) is 12.2. The zero-order valence-corrected chi connectivity index (χ0v) is 30.1. The van der Waals surface area contributed by atoms with Gasteiger partial charge in [0.2, 0.25) is 11.8 Å². The Morgan fingerprint density at radius 1 is 0.700 bits per heavy atom. The third-order valence-corrected chi connectivity index (χ3v) is 8.18. The van der Waals surface area contributed by atoms with Gasteiger partial charge >= 0.3 is 18.0 Å². The second-order valence-corrected chi connectivity index (χ2v) is 12.2. The lowest BCUT2D eigenvalue weighted by Crippen LogP contribution is -2.57.